The first-order valence-corrected chi connectivity index (χ1v) is 6.64. The normalized spacial score (nSPS) is 11.7. The first-order chi connectivity index (χ1) is 9.62. The van der Waals surface area contributed by atoms with Crippen molar-refractivity contribution < 1.29 is 13.2 Å². The molecule has 0 radical (unpaired) electrons. The average molecular weight is 334 g/mol. The molecule has 0 bridgehead atoms. The SMILES string of the molecule is Cc1nn(-c2ccc(C(F)(F)F)cc2C(N)=S)c(C)c1Cl. The van der Waals surface area contributed by atoms with Gasteiger partial charge >= 0.3 is 6.18 Å². The van der Waals surface area contributed by atoms with E-state index in [1.165, 1.54) is 10.7 Å². The van der Waals surface area contributed by atoms with Crippen LogP contribution in [0.3, 0.4) is 0 Å². The summed E-state index contributed by atoms with van der Waals surface area (Å²) in [6, 6.07) is 3.16. The van der Waals surface area contributed by atoms with Gasteiger partial charge in [0.15, 0.2) is 0 Å². The van der Waals surface area contributed by atoms with E-state index < -0.39 is 11.7 Å². The monoisotopic (exact) mass is 333 g/mol. The van der Waals surface area contributed by atoms with E-state index in [0.29, 0.717) is 22.1 Å². The van der Waals surface area contributed by atoms with Gasteiger partial charge in [-0.2, -0.15) is 18.3 Å². The number of hydrogen-bond acceptors (Lipinski definition) is 2. The molecule has 21 heavy (non-hydrogen) atoms. The van der Waals surface area contributed by atoms with Gasteiger partial charge < -0.3 is 5.73 Å². The standard InChI is InChI=1S/C13H11ClF3N3S/c1-6-11(14)7(2)20(19-6)10-4-3-8(13(15,16)17)5-9(10)12(18)21/h3-5H,1-2H3,(H2,18,21). The van der Waals surface area contributed by atoms with Crippen molar-refractivity contribution in [3.63, 3.8) is 0 Å². The number of alkyl halides is 3. The Morgan fingerprint density at radius 3 is 2.38 bits per heavy atom. The van der Waals surface area contributed by atoms with Crippen LogP contribution in [0.15, 0.2) is 18.2 Å². The highest BCUT2D eigenvalue weighted by atomic mass is 35.5. The summed E-state index contributed by atoms with van der Waals surface area (Å²) < 4.78 is 39.8. The summed E-state index contributed by atoms with van der Waals surface area (Å²) in [6.07, 6.45) is -4.47. The Hall–Kier alpha value is -1.60. The van der Waals surface area contributed by atoms with Crippen LogP contribution in [0.4, 0.5) is 13.2 Å². The second-order valence-corrected chi connectivity index (χ2v) is 5.31. The fraction of sp³-hybridized carbons (Fsp3) is 0.231. The van der Waals surface area contributed by atoms with Gasteiger partial charge in [0.25, 0.3) is 0 Å². The summed E-state index contributed by atoms with van der Waals surface area (Å²) >= 11 is 10.9. The molecule has 1 aromatic carbocycles. The molecule has 3 nitrogen and oxygen atoms in total. The molecule has 0 unspecified atom stereocenters. The van der Waals surface area contributed by atoms with Gasteiger partial charge in [-0.05, 0) is 32.0 Å². The third-order valence-electron chi connectivity index (χ3n) is 3.02. The first kappa shape index (κ1) is 15.8. The van der Waals surface area contributed by atoms with E-state index in [9.17, 15) is 13.2 Å². The molecule has 2 aromatic rings. The maximum Gasteiger partial charge on any atom is 0.416 e. The van der Waals surface area contributed by atoms with Crippen molar-refractivity contribution in [1.29, 1.82) is 0 Å². The van der Waals surface area contributed by atoms with Crippen LogP contribution in [0.5, 0.6) is 0 Å². The second-order valence-electron chi connectivity index (χ2n) is 4.49. The van der Waals surface area contributed by atoms with Crippen molar-refractivity contribution in [2.24, 2.45) is 5.73 Å². The van der Waals surface area contributed by atoms with Gasteiger partial charge in [0.2, 0.25) is 0 Å². The number of aromatic nitrogens is 2. The van der Waals surface area contributed by atoms with E-state index in [1.807, 2.05) is 0 Å². The maximum atomic E-state index is 12.8. The molecule has 2 rings (SSSR count). The number of aryl methyl sites for hydroxylation is 1. The van der Waals surface area contributed by atoms with E-state index >= 15 is 0 Å². The molecule has 1 heterocycles. The summed E-state index contributed by atoms with van der Waals surface area (Å²) in [5.41, 5.74) is 6.37. The highest BCUT2D eigenvalue weighted by molar-refractivity contribution is 7.80. The van der Waals surface area contributed by atoms with Crippen molar-refractivity contribution in [2.45, 2.75) is 20.0 Å². The van der Waals surface area contributed by atoms with Crippen LogP contribution in [0, 0.1) is 13.8 Å². The Morgan fingerprint density at radius 1 is 1.33 bits per heavy atom. The van der Waals surface area contributed by atoms with Gasteiger partial charge in [-0.15, -0.1) is 0 Å². The van der Waals surface area contributed by atoms with Crippen LogP contribution in [-0.2, 0) is 6.18 Å². The summed E-state index contributed by atoms with van der Waals surface area (Å²) in [5.74, 6) is 0. The molecule has 8 heteroatoms. The van der Waals surface area contributed by atoms with Crippen molar-refractivity contribution >= 4 is 28.8 Å². The zero-order valence-electron chi connectivity index (χ0n) is 11.1. The molecular formula is C13H11ClF3N3S. The molecule has 0 atom stereocenters. The molecule has 0 spiro atoms. The quantitative estimate of drug-likeness (QED) is 0.850. The molecule has 0 saturated carbocycles. The van der Waals surface area contributed by atoms with E-state index in [4.69, 9.17) is 29.6 Å². The van der Waals surface area contributed by atoms with Crippen LogP contribution in [0.1, 0.15) is 22.5 Å². The van der Waals surface area contributed by atoms with E-state index in [0.717, 1.165) is 12.1 Å². The van der Waals surface area contributed by atoms with Crippen LogP contribution < -0.4 is 5.73 Å². The van der Waals surface area contributed by atoms with E-state index in [-0.39, 0.29) is 10.6 Å². The molecule has 0 saturated heterocycles. The Kier molecular flexibility index (Phi) is 3.99. The Bertz CT molecular complexity index is 722. The number of nitrogens with two attached hydrogens (primary N) is 1. The van der Waals surface area contributed by atoms with Crippen molar-refractivity contribution in [2.75, 3.05) is 0 Å². The number of rotatable bonds is 2. The highest BCUT2D eigenvalue weighted by Crippen LogP contribution is 2.32. The molecule has 1 aromatic heterocycles. The summed E-state index contributed by atoms with van der Waals surface area (Å²) in [4.78, 5) is -0.139. The zero-order valence-corrected chi connectivity index (χ0v) is 12.7. The average Bonchev–Trinajstić information content (AvgIpc) is 2.64. The van der Waals surface area contributed by atoms with Crippen LogP contribution >= 0.6 is 23.8 Å². The Labute approximate surface area is 129 Å². The van der Waals surface area contributed by atoms with Gasteiger partial charge in [0, 0.05) is 5.56 Å². The van der Waals surface area contributed by atoms with Crippen molar-refractivity contribution in [3.8, 4) is 5.69 Å². The maximum absolute atomic E-state index is 12.8. The third-order valence-corrected chi connectivity index (χ3v) is 3.79. The lowest BCUT2D eigenvalue weighted by Gasteiger charge is -2.14. The molecule has 0 aliphatic carbocycles. The molecular weight excluding hydrogens is 323 g/mol. The fourth-order valence-electron chi connectivity index (χ4n) is 1.95. The molecule has 112 valence electrons. The zero-order chi connectivity index (χ0) is 15.9. The van der Waals surface area contributed by atoms with Crippen molar-refractivity contribution in [3.05, 3.63) is 45.7 Å². The smallest absolute Gasteiger partial charge is 0.389 e. The Balaban J connectivity index is 2.69. The van der Waals surface area contributed by atoms with Crippen LogP contribution in [0.25, 0.3) is 5.69 Å². The third kappa shape index (κ3) is 2.89. The van der Waals surface area contributed by atoms with E-state index in [2.05, 4.69) is 5.10 Å². The minimum atomic E-state index is -4.47. The number of hydrogen-bond donors (Lipinski definition) is 1. The lowest BCUT2D eigenvalue weighted by atomic mass is 10.1. The van der Waals surface area contributed by atoms with Gasteiger partial charge in [0.05, 0.1) is 27.7 Å². The van der Waals surface area contributed by atoms with Gasteiger partial charge in [-0.25, -0.2) is 4.68 Å². The highest BCUT2D eigenvalue weighted by Gasteiger charge is 2.31. The number of benzene rings is 1. The molecule has 2 N–H and O–H groups in total. The summed E-state index contributed by atoms with van der Waals surface area (Å²) in [5, 5.41) is 4.65. The molecule has 0 amide bonds. The van der Waals surface area contributed by atoms with Gasteiger partial charge in [-0.3, -0.25) is 0 Å². The van der Waals surface area contributed by atoms with Gasteiger partial charge in [0.1, 0.15) is 4.99 Å². The molecule has 0 aliphatic rings. The first-order valence-electron chi connectivity index (χ1n) is 5.86. The number of halogens is 4. The second kappa shape index (κ2) is 5.31. The number of thiocarbonyl (C=S) groups is 1. The lowest BCUT2D eigenvalue weighted by Crippen LogP contribution is -2.17. The minimum absolute atomic E-state index is 0.0992. The van der Waals surface area contributed by atoms with Gasteiger partial charge in [-0.1, -0.05) is 23.8 Å². The molecule has 0 fully saturated rings. The fourth-order valence-corrected chi connectivity index (χ4v) is 2.23. The van der Waals surface area contributed by atoms with Crippen LogP contribution in [-0.4, -0.2) is 14.8 Å². The topological polar surface area (TPSA) is 43.8 Å². The van der Waals surface area contributed by atoms with E-state index in [1.54, 1.807) is 13.8 Å². The summed E-state index contributed by atoms with van der Waals surface area (Å²) in [6.45, 7) is 3.42. The number of nitrogens with zero attached hydrogens (tertiary/aromatic N) is 2. The van der Waals surface area contributed by atoms with Crippen molar-refractivity contribution in [1.82, 2.24) is 9.78 Å². The predicted molar refractivity (Wildman–Crippen MR) is 78.9 cm³/mol. The summed E-state index contributed by atoms with van der Waals surface area (Å²) in [7, 11) is 0. The Morgan fingerprint density at radius 2 is 1.95 bits per heavy atom. The minimum Gasteiger partial charge on any atom is -0.389 e. The molecule has 0 aliphatic heterocycles. The predicted octanol–water partition coefficient (Wildman–Crippen LogP) is 3.80. The largest absolute Gasteiger partial charge is 0.416 e. The van der Waals surface area contributed by atoms with Crippen LogP contribution in [0.2, 0.25) is 5.02 Å². The lowest BCUT2D eigenvalue weighted by molar-refractivity contribution is -0.137.